The number of nitrogens with zero attached hydrogens (tertiary/aromatic N) is 4. The molecular weight excluding hydrogens is 164 g/mol. The lowest BCUT2D eigenvalue weighted by Crippen LogP contribution is -1.86. The van der Waals surface area contributed by atoms with Gasteiger partial charge in [-0.05, 0) is 18.2 Å². The largest absolute Gasteiger partial charge is 0.257 e. The van der Waals surface area contributed by atoms with Crippen LogP contribution in [0.2, 0.25) is 0 Å². The van der Waals surface area contributed by atoms with E-state index in [1.807, 2.05) is 24.3 Å². The molecule has 0 unspecified atom stereocenters. The highest BCUT2D eigenvalue weighted by Gasteiger charge is 1.85. The van der Waals surface area contributed by atoms with Crippen LogP contribution in [0.4, 0.5) is 0 Å². The van der Waals surface area contributed by atoms with Gasteiger partial charge in [0.25, 0.3) is 0 Å². The van der Waals surface area contributed by atoms with Gasteiger partial charge >= 0.3 is 0 Å². The van der Waals surface area contributed by atoms with E-state index in [1.54, 1.807) is 29.5 Å². The lowest BCUT2D eigenvalue weighted by Gasteiger charge is -1.90. The first-order chi connectivity index (χ1) is 6.45. The molecule has 13 heavy (non-hydrogen) atoms. The van der Waals surface area contributed by atoms with Gasteiger partial charge in [0.2, 0.25) is 0 Å². The van der Waals surface area contributed by atoms with E-state index in [2.05, 4.69) is 15.3 Å². The summed E-state index contributed by atoms with van der Waals surface area (Å²) in [4.78, 5) is 4.13. The first-order valence-corrected chi connectivity index (χ1v) is 3.90. The van der Waals surface area contributed by atoms with Crippen molar-refractivity contribution in [1.82, 2.24) is 20.0 Å². The monoisotopic (exact) mass is 172 g/mol. The molecule has 2 heterocycles. The van der Waals surface area contributed by atoms with E-state index in [1.165, 1.54) is 0 Å². The fourth-order valence-corrected chi connectivity index (χ4v) is 0.924. The Balaban J connectivity index is 2.15. The van der Waals surface area contributed by atoms with Crippen molar-refractivity contribution in [2.24, 2.45) is 0 Å². The summed E-state index contributed by atoms with van der Waals surface area (Å²) in [5, 5.41) is 7.46. The third-order valence-electron chi connectivity index (χ3n) is 1.53. The molecule has 0 fully saturated rings. The molecule has 4 heteroatoms. The molecule has 0 aliphatic carbocycles. The fourth-order valence-electron chi connectivity index (χ4n) is 0.924. The van der Waals surface area contributed by atoms with E-state index in [0.29, 0.717) is 0 Å². The molecule has 2 aromatic heterocycles. The van der Waals surface area contributed by atoms with E-state index in [4.69, 9.17) is 0 Å². The topological polar surface area (TPSA) is 43.6 Å². The summed E-state index contributed by atoms with van der Waals surface area (Å²) in [6, 6.07) is 5.74. The SMILES string of the molecule is C(=C\n1ccnn1)/c1ccccn1. The van der Waals surface area contributed by atoms with Gasteiger partial charge in [-0.25, -0.2) is 4.68 Å². The van der Waals surface area contributed by atoms with Crippen LogP contribution in [0.25, 0.3) is 12.3 Å². The summed E-state index contributed by atoms with van der Waals surface area (Å²) in [5.41, 5.74) is 0.901. The molecule has 0 saturated heterocycles. The maximum atomic E-state index is 4.13. The van der Waals surface area contributed by atoms with Crippen molar-refractivity contribution < 1.29 is 0 Å². The zero-order valence-electron chi connectivity index (χ0n) is 6.91. The van der Waals surface area contributed by atoms with Crippen LogP contribution in [0.5, 0.6) is 0 Å². The summed E-state index contributed by atoms with van der Waals surface area (Å²) in [6.45, 7) is 0. The Morgan fingerprint density at radius 2 is 2.23 bits per heavy atom. The van der Waals surface area contributed by atoms with Gasteiger partial charge in [0.15, 0.2) is 0 Å². The minimum atomic E-state index is 0.901. The zero-order chi connectivity index (χ0) is 8.93. The second kappa shape index (κ2) is 3.62. The highest BCUT2D eigenvalue weighted by atomic mass is 15.4. The van der Waals surface area contributed by atoms with Crippen LogP contribution in [-0.4, -0.2) is 20.0 Å². The Morgan fingerprint density at radius 1 is 1.23 bits per heavy atom. The molecule has 0 saturated carbocycles. The lowest BCUT2D eigenvalue weighted by atomic mass is 10.3. The van der Waals surface area contributed by atoms with Crippen LogP contribution < -0.4 is 0 Å². The second-order valence-corrected chi connectivity index (χ2v) is 2.45. The fraction of sp³-hybridized carbons (Fsp3) is 0. The summed E-state index contributed by atoms with van der Waals surface area (Å²) < 4.78 is 1.62. The molecule has 0 aliphatic rings. The Hall–Kier alpha value is -1.97. The zero-order valence-corrected chi connectivity index (χ0v) is 6.91. The van der Waals surface area contributed by atoms with Crippen molar-refractivity contribution in [3.63, 3.8) is 0 Å². The summed E-state index contributed by atoms with van der Waals surface area (Å²) in [6.07, 6.45) is 8.81. The normalized spacial score (nSPS) is 10.8. The molecule has 0 bridgehead atoms. The van der Waals surface area contributed by atoms with Gasteiger partial charge in [0.05, 0.1) is 18.1 Å². The van der Waals surface area contributed by atoms with Crippen molar-refractivity contribution in [1.29, 1.82) is 0 Å². The molecule has 0 atom stereocenters. The first kappa shape index (κ1) is 7.67. The highest BCUT2D eigenvalue weighted by molar-refractivity contribution is 5.56. The van der Waals surface area contributed by atoms with Gasteiger partial charge in [-0.2, -0.15) is 0 Å². The Morgan fingerprint density at radius 3 is 2.92 bits per heavy atom. The highest BCUT2D eigenvalue weighted by Crippen LogP contribution is 1.97. The van der Waals surface area contributed by atoms with Crippen LogP contribution in [0.15, 0.2) is 36.8 Å². The van der Waals surface area contributed by atoms with E-state index < -0.39 is 0 Å². The number of aromatic nitrogens is 4. The average Bonchev–Trinajstić information content (AvgIpc) is 2.69. The summed E-state index contributed by atoms with van der Waals surface area (Å²) in [5.74, 6) is 0. The van der Waals surface area contributed by atoms with Crippen LogP contribution in [0, 0.1) is 0 Å². The van der Waals surface area contributed by atoms with Crippen LogP contribution in [0.1, 0.15) is 5.69 Å². The lowest BCUT2D eigenvalue weighted by molar-refractivity contribution is 0.842. The molecule has 2 rings (SSSR count). The first-order valence-electron chi connectivity index (χ1n) is 3.90. The van der Waals surface area contributed by atoms with E-state index in [-0.39, 0.29) is 0 Å². The van der Waals surface area contributed by atoms with Crippen molar-refractivity contribution in [2.45, 2.75) is 0 Å². The van der Waals surface area contributed by atoms with Gasteiger partial charge in [-0.1, -0.05) is 11.3 Å². The maximum absolute atomic E-state index is 4.13. The minimum Gasteiger partial charge on any atom is -0.257 e. The number of hydrogen-bond acceptors (Lipinski definition) is 3. The predicted octanol–water partition coefficient (Wildman–Crippen LogP) is 1.30. The molecule has 0 amide bonds. The standard InChI is InChI=1S/C9H8N4/c1-2-5-10-9(3-1)4-7-13-8-6-11-12-13/h1-8H/b7-4+. The van der Waals surface area contributed by atoms with Crippen LogP contribution in [0.3, 0.4) is 0 Å². The molecule has 0 radical (unpaired) electrons. The molecule has 0 N–H and O–H groups in total. The molecule has 0 aliphatic heterocycles. The number of pyridine rings is 1. The van der Waals surface area contributed by atoms with E-state index in [0.717, 1.165) is 5.69 Å². The second-order valence-electron chi connectivity index (χ2n) is 2.45. The summed E-state index contributed by atoms with van der Waals surface area (Å²) in [7, 11) is 0. The van der Waals surface area contributed by atoms with Gasteiger partial charge < -0.3 is 0 Å². The smallest absolute Gasteiger partial charge is 0.0697 e. The minimum absolute atomic E-state index is 0.901. The quantitative estimate of drug-likeness (QED) is 0.685. The third-order valence-corrected chi connectivity index (χ3v) is 1.53. The van der Waals surface area contributed by atoms with Gasteiger partial charge in [0, 0.05) is 12.4 Å². The number of rotatable bonds is 2. The Labute approximate surface area is 75.5 Å². The molecule has 4 nitrogen and oxygen atoms in total. The molecule has 0 aromatic carbocycles. The Bertz CT molecular complexity index is 377. The molecular formula is C9H8N4. The molecule has 64 valence electrons. The predicted molar refractivity (Wildman–Crippen MR) is 49.5 cm³/mol. The van der Waals surface area contributed by atoms with Crippen molar-refractivity contribution >= 4 is 12.3 Å². The summed E-state index contributed by atoms with van der Waals surface area (Å²) >= 11 is 0. The van der Waals surface area contributed by atoms with Crippen LogP contribution >= 0.6 is 0 Å². The molecule has 0 spiro atoms. The van der Waals surface area contributed by atoms with Crippen molar-refractivity contribution in [3.8, 4) is 0 Å². The van der Waals surface area contributed by atoms with Gasteiger partial charge in [-0.3, -0.25) is 4.98 Å². The number of hydrogen-bond donors (Lipinski definition) is 0. The van der Waals surface area contributed by atoms with Crippen molar-refractivity contribution in [2.75, 3.05) is 0 Å². The van der Waals surface area contributed by atoms with Crippen LogP contribution in [-0.2, 0) is 0 Å². The van der Waals surface area contributed by atoms with Crippen molar-refractivity contribution in [3.05, 3.63) is 42.5 Å². The van der Waals surface area contributed by atoms with E-state index >= 15 is 0 Å². The average molecular weight is 172 g/mol. The van der Waals surface area contributed by atoms with Gasteiger partial charge in [-0.15, -0.1) is 5.10 Å². The third kappa shape index (κ3) is 1.99. The maximum Gasteiger partial charge on any atom is 0.0697 e. The van der Waals surface area contributed by atoms with Gasteiger partial charge in [0.1, 0.15) is 0 Å². The Kier molecular flexibility index (Phi) is 2.14. The van der Waals surface area contributed by atoms with E-state index in [9.17, 15) is 0 Å². The molecule has 2 aromatic rings.